The number of para-hydroxylation sites is 1. The molecule has 0 radical (unpaired) electrons. The number of hydrogen-bond acceptors (Lipinski definition) is 9. The van der Waals surface area contributed by atoms with Crippen LogP contribution in [0.1, 0.15) is 5.56 Å². The van der Waals surface area contributed by atoms with Gasteiger partial charge in [-0.3, -0.25) is 19.7 Å². The normalized spacial score (nSPS) is 13.7. The fourth-order valence-electron chi connectivity index (χ4n) is 4.66. The van der Waals surface area contributed by atoms with Gasteiger partial charge in [-0.15, -0.1) is 0 Å². The molecule has 3 aromatic carbocycles. The Bertz CT molecular complexity index is 1980. The summed E-state index contributed by atoms with van der Waals surface area (Å²) in [6.45, 7) is 1.10. The van der Waals surface area contributed by atoms with Gasteiger partial charge in [0.2, 0.25) is 11.6 Å². The Labute approximate surface area is 256 Å². The third-order valence-corrected chi connectivity index (χ3v) is 7.44. The summed E-state index contributed by atoms with van der Waals surface area (Å²) in [5.74, 6) is -0.201. The number of amides is 1. The van der Waals surface area contributed by atoms with E-state index in [0.717, 1.165) is 20.6 Å². The second-order valence-corrected chi connectivity index (χ2v) is 10.8. The molecule has 0 aliphatic carbocycles. The lowest BCUT2D eigenvalue weighted by molar-refractivity contribution is -0.385. The summed E-state index contributed by atoms with van der Waals surface area (Å²) in [5, 5.41) is 17.4. The highest BCUT2D eigenvalue weighted by Gasteiger charge is 2.24. The molecule has 1 fully saturated rings. The van der Waals surface area contributed by atoms with Crippen molar-refractivity contribution in [2.24, 2.45) is 5.10 Å². The molecule has 0 atom stereocenters. The van der Waals surface area contributed by atoms with Crippen LogP contribution in [0.5, 0.6) is 5.75 Å². The molecule has 1 aliphatic rings. The quantitative estimate of drug-likeness (QED) is 0.130. The number of morpholine rings is 1. The highest BCUT2D eigenvalue weighted by Crippen LogP contribution is 2.34. The van der Waals surface area contributed by atoms with Crippen molar-refractivity contribution < 1.29 is 23.6 Å². The van der Waals surface area contributed by atoms with Gasteiger partial charge in [-0.25, -0.2) is 4.98 Å². The number of hydrogen-bond donors (Lipinski definition) is 0. The lowest BCUT2D eigenvalue weighted by Gasteiger charge is -2.26. The van der Waals surface area contributed by atoms with E-state index in [2.05, 4.69) is 26.0 Å². The summed E-state index contributed by atoms with van der Waals surface area (Å²) in [7, 11) is 0. The summed E-state index contributed by atoms with van der Waals surface area (Å²) in [6, 6.07) is 16.5. The summed E-state index contributed by atoms with van der Waals surface area (Å²) >= 11 is 9.66. The van der Waals surface area contributed by atoms with Crippen LogP contribution in [0.15, 0.2) is 79.4 Å². The maximum atomic E-state index is 13.7. The first-order chi connectivity index (χ1) is 20.8. The van der Waals surface area contributed by atoms with Crippen LogP contribution in [0.2, 0.25) is 5.02 Å². The number of benzene rings is 3. The Hall–Kier alpha value is -4.59. The third kappa shape index (κ3) is 5.87. The standard InChI is InChI=1S/C29H21BrClN5O7/c30-19-5-6-24-17(11-19)13-25(43-24)28-33-22-4-2-1-3-21(22)29(38)35(28)32-15-18-12-20(31)14-23(36(39)40)27(18)42-16-26(37)34-7-9-41-10-8-34/h1-6,11-15H,7-10,16H2. The molecular weight excluding hydrogens is 646 g/mol. The van der Waals surface area contributed by atoms with Gasteiger partial charge < -0.3 is 18.8 Å². The Morgan fingerprint density at radius 1 is 1.16 bits per heavy atom. The van der Waals surface area contributed by atoms with Crippen LogP contribution < -0.4 is 10.3 Å². The van der Waals surface area contributed by atoms with Gasteiger partial charge in [0.15, 0.2) is 12.4 Å². The lowest BCUT2D eigenvalue weighted by atomic mass is 10.2. The fourth-order valence-corrected chi connectivity index (χ4v) is 5.26. The van der Waals surface area contributed by atoms with E-state index in [9.17, 15) is 19.7 Å². The number of aromatic nitrogens is 2. The van der Waals surface area contributed by atoms with Crippen LogP contribution in [0, 0.1) is 10.1 Å². The Kier molecular flexibility index (Phi) is 7.93. The summed E-state index contributed by atoms with van der Waals surface area (Å²) in [4.78, 5) is 43.9. The molecule has 43 heavy (non-hydrogen) atoms. The first kappa shape index (κ1) is 28.5. The first-order valence-corrected chi connectivity index (χ1v) is 14.2. The summed E-state index contributed by atoms with van der Waals surface area (Å²) < 4.78 is 18.9. The average Bonchev–Trinajstić information content (AvgIpc) is 3.43. The summed E-state index contributed by atoms with van der Waals surface area (Å²) in [5.41, 5.74) is 0.117. The number of rotatable bonds is 7. The predicted octanol–water partition coefficient (Wildman–Crippen LogP) is 5.25. The van der Waals surface area contributed by atoms with E-state index in [-0.39, 0.29) is 33.8 Å². The average molecular weight is 667 g/mol. The number of nitro benzene ring substituents is 1. The van der Waals surface area contributed by atoms with Crippen molar-refractivity contribution >= 4 is 67.2 Å². The molecule has 0 saturated carbocycles. The predicted molar refractivity (Wildman–Crippen MR) is 163 cm³/mol. The van der Waals surface area contributed by atoms with Crippen molar-refractivity contribution in [1.29, 1.82) is 0 Å². The second-order valence-electron chi connectivity index (χ2n) is 9.49. The van der Waals surface area contributed by atoms with E-state index < -0.39 is 22.8 Å². The van der Waals surface area contributed by atoms with Gasteiger partial charge in [0.1, 0.15) is 5.58 Å². The Balaban J connectivity index is 1.45. The van der Waals surface area contributed by atoms with Crippen molar-refractivity contribution in [1.82, 2.24) is 14.6 Å². The number of ether oxygens (including phenoxy) is 2. The van der Waals surface area contributed by atoms with E-state index in [4.69, 9.17) is 25.5 Å². The minimum atomic E-state index is -0.667. The topological polar surface area (TPSA) is 142 Å². The van der Waals surface area contributed by atoms with Gasteiger partial charge in [-0.05, 0) is 42.5 Å². The number of nitrogens with zero attached hydrogens (tertiary/aromatic N) is 5. The maximum Gasteiger partial charge on any atom is 0.313 e. The molecule has 3 heterocycles. The van der Waals surface area contributed by atoms with Crippen LogP contribution in [-0.2, 0) is 9.53 Å². The van der Waals surface area contributed by atoms with Gasteiger partial charge in [0, 0.05) is 39.6 Å². The highest BCUT2D eigenvalue weighted by molar-refractivity contribution is 9.10. The molecule has 5 aromatic rings. The molecule has 0 N–H and O–H groups in total. The van der Waals surface area contributed by atoms with Crippen LogP contribution in [0.25, 0.3) is 33.5 Å². The van der Waals surface area contributed by atoms with Crippen molar-refractivity contribution in [2.45, 2.75) is 0 Å². The van der Waals surface area contributed by atoms with Crippen molar-refractivity contribution in [3.05, 3.63) is 96.2 Å². The number of carbonyl (C=O) groups is 1. The minimum Gasteiger partial charge on any atom is -0.476 e. The largest absolute Gasteiger partial charge is 0.476 e. The fraction of sp³-hybridized carbons (Fsp3) is 0.172. The Morgan fingerprint density at radius 2 is 1.95 bits per heavy atom. The molecule has 0 unspecified atom stereocenters. The van der Waals surface area contributed by atoms with E-state index in [0.29, 0.717) is 42.8 Å². The van der Waals surface area contributed by atoms with E-state index >= 15 is 0 Å². The monoisotopic (exact) mass is 665 g/mol. The zero-order valence-corrected chi connectivity index (χ0v) is 24.6. The molecule has 14 heteroatoms. The van der Waals surface area contributed by atoms with Crippen LogP contribution in [-0.4, -0.2) is 64.5 Å². The summed E-state index contributed by atoms with van der Waals surface area (Å²) in [6.07, 6.45) is 1.20. The molecule has 0 bridgehead atoms. The molecule has 1 amide bonds. The van der Waals surface area contributed by atoms with Crippen LogP contribution >= 0.6 is 27.5 Å². The number of nitro groups is 1. The van der Waals surface area contributed by atoms with Gasteiger partial charge in [0.25, 0.3) is 11.5 Å². The van der Waals surface area contributed by atoms with Gasteiger partial charge >= 0.3 is 5.69 Å². The lowest BCUT2D eigenvalue weighted by Crippen LogP contribution is -2.43. The van der Waals surface area contributed by atoms with Gasteiger partial charge in [0.05, 0.1) is 35.3 Å². The molecule has 0 spiro atoms. The smallest absolute Gasteiger partial charge is 0.313 e. The number of furan rings is 1. The van der Waals surface area contributed by atoms with Crippen molar-refractivity contribution in [3.63, 3.8) is 0 Å². The third-order valence-electron chi connectivity index (χ3n) is 6.73. The number of carbonyl (C=O) groups excluding carboxylic acids is 1. The zero-order valence-electron chi connectivity index (χ0n) is 22.2. The van der Waals surface area contributed by atoms with Crippen molar-refractivity contribution in [2.75, 3.05) is 32.9 Å². The van der Waals surface area contributed by atoms with E-state index in [1.165, 1.54) is 12.3 Å². The Morgan fingerprint density at radius 3 is 2.74 bits per heavy atom. The molecule has 2 aromatic heterocycles. The number of fused-ring (bicyclic) bond motifs is 2. The molecule has 12 nitrogen and oxygen atoms in total. The zero-order chi connectivity index (χ0) is 30.1. The second kappa shape index (κ2) is 12.0. The highest BCUT2D eigenvalue weighted by atomic mass is 79.9. The van der Waals surface area contributed by atoms with Crippen molar-refractivity contribution in [3.8, 4) is 17.3 Å². The minimum absolute atomic E-state index is 0.0343. The van der Waals surface area contributed by atoms with Crippen LogP contribution in [0.3, 0.4) is 0 Å². The van der Waals surface area contributed by atoms with Gasteiger partial charge in [-0.2, -0.15) is 9.78 Å². The SMILES string of the molecule is O=C(COc1c(C=Nn2c(-c3cc4cc(Br)ccc4o3)nc3ccccc3c2=O)cc(Cl)cc1[N+](=O)[O-])N1CCOCC1. The molecular formula is C29H21BrClN5O7. The van der Waals surface area contributed by atoms with E-state index in [1.54, 1.807) is 41.3 Å². The van der Waals surface area contributed by atoms with Crippen LogP contribution in [0.4, 0.5) is 5.69 Å². The maximum absolute atomic E-state index is 13.7. The van der Waals surface area contributed by atoms with E-state index in [1.807, 2.05) is 12.1 Å². The number of halogens is 2. The van der Waals surface area contributed by atoms with Gasteiger partial charge in [-0.1, -0.05) is 39.7 Å². The molecule has 1 aliphatic heterocycles. The first-order valence-electron chi connectivity index (χ1n) is 13.0. The molecule has 1 saturated heterocycles. The molecule has 6 rings (SSSR count). The molecule has 218 valence electrons.